The molecule has 1 aromatic rings. The molecule has 2 rings (SSSR count). The third-order valence-corrected chi connectivity index (χ3v) is 4.77. The van der Waals surface area contributed by atoms with Crippen LogP contribution in [-0.2, 0) is 9.84 Å². The largest absolute Gasteiger partial charge is 0.359 e. The van der Waals surface area contributed by atoms with Crippen molar-refractivity contribution in [1.82, 2.24) is 5.16 Å². The first-order valence-electron chi connectivity index (χ1n) is 4.69. The standard InChI is InChI=1S/C9H11NO4S/c1-6(11)7-5-10-14-9(7)8-3-2-4-15(8,12)13/h5,8H,2-4H2,1H3. The van der Waals surface area contributed by atoms with Gasteiger partial charge >= 0.3 is 0 Å². The van der Waals surface area contributed by atoms with Crippen LogP contribution in [0.15, 0.2) is 10.7 Å². The highest BCUT2D eigenvalue weighted by molar-refractivity contribution is 7.91. The Kier molecular flexibility index (Phi) is 2.38. The van der Waals surface area contributed by atoms with Crippen molar-refractivity contribution in [1.29, 1.82) is 0 Å². The van der Waals surface area contributed by atoms with Crippen molar-refractivity contribution in [2.45, 2.75) is 25.0 Å². The van der Waals surface area contributed by atoms with Gasteiger partial charge in [-0.2, -0.15) is 0 Å². The number of sulfone groups is 1. The quantitative estimate of drug-likeness (QED) is 0.710. The molecule has 6 heteroatoms. The summed E-state index contributed by atoms with van der Waals surface area (Å²) in [6, 6.07) is 0. The molecule has 0 amide bonds. The second-order valence-electron chi connectivity index (χ2n) is 3.66. The number of rotatable bonds is 2. The molecule has 1 atom stereocenters. The van der Waals surface area contributed by atoms with Crippen LogP contribution in [0.5, 0.6) is 0 Å². The van der Waals surface area contributed by atoms with Crippen molar-refractivity contribution in [2.24, 2.45) is 0 Å². The Morgan fingerprint density at radius 3 is 2.87 bits per heavy atom. The van der Waals surface area contributed by atoms with E-state index in [0.717, 1.165) is 0 Å². The highest BCUT2D eigenvalue weighted by Crippen LogP contribution is 2.36. The summed E-state index contributed by atoms with van der Waals surface area (Å²) < 4.78 is 28.2. The maximum absolute atomic E-state index is 11.6. The van der Waals surface area contributed by atoms with Gasteiger partial charge in [-0.15, -0.1) is 0 Å². The average molecular weight is 229 g/mol. The molecule has 15 heavy (non-hydrogen) atoms. The van der Waals surface area contributed by atoms with Crippen molar-refractivity contribution in [2.75, 3.05) is 5.75 Å². The van der Waals surface area contributed by atoms with E-state index in [1.54, 1.807) is 0 Å². The molecule has 1 saturated heterocycles. The molecule has 0 aliphatic carbocycles. The van der Waals surface area contributed by atoms with Gasteiger partial charge in [0, 0.05) is 0 Å². The van der Waals surface area contributed by atoms with Crippen molar-refractivity contribution < 1.29 is 17.7 Å². The Labute approximate surface area is 87.4 Å². The van der Waals surface area contributed by atoms with E-state index in [1.807, 2.05) is 0 Å². The van der Waals surface area contributed by atoms with Crippen LogP contribution < -0.4 is 0 Å². The van der Waals surface area contributed by atoms with Crippen LogP contribution in [0.3, 0.4) is 0 Å². The molecular weight excluding hydrogens is 218 g/mol. The molecule has 2 heterocycles. The molecule has 1 aliphatic rings. The summed E-state index contributed by atoms with van der Waals surface area (Å²) >= 11 is 0. The first kappa shape index (κ1) is 10.4. The lowest BCUT2D eigenvalue weighted by atomic mass is 10.1. The lowest BCUT2D eigenvalue weighted by molar-refractivity contribution is 0.101. The number of hydrogen-bond donors (Lipinski definition) is 0. The van der Waals surface area contributed by atoms with Gasteiger partial charge in [0.25, 0.3) is 0 Å². The van der Waals surface area contributed by atoms with Gasteiger partial charge in [-0.05, 0) is 19.8 Å². The Hall–Kier alpha value is -1.17. The van der Waals surface area contributed by atoms with Crippen LogP contribution in [-0.4, -0.2) is 25.1 Å². The number of carbonyl (C=O) groups is 1. The van der Waals surface area contributed by atoms with Crippen molar-refractivity contribution in [3.05, 3.63) is 17.5 Å². The fraction of sp³-hybridized carbons (Fsp3) is 0.556. The van der Waals surface area contributed by atoms with Crippen LogP contribution >= 0.6 is 0 Å². The smallest absolute Gasteiger partial charge is 0.165 e. The van der Waals surface area contributed by atoms with Crippen LogP contribution in [0.25, 0.3) is 0 Å². The SMILES string of the molecule is CC(=O)c1cnoc1C1CCCS1(=O)=O. The van der Waals surface area contributed by atoms with Crippen molar-refractivity contribution in [3.63, 3.8) is 0 Å². The summed E-state index contributed by atoms with van der Waals surface area (Å²) in [5.74, 6) is 0.156. The molecule has 0 saturated carbocycles. The normalized spacial score (nSPS) is 24.2. The van der Waals surface area contributed by atoms with E-state index in [4.69, 9.17) is 4.52 Å². The number of nitrogens with zero attached hydrogens (tertiary/aromatic N) is 1. The minimum atomic E-state index is -3.15. The molecule has 0 N–H and O–H groups in total. The van der Waals surface area contributed by atoms with Gasteiger partial charge in [0.05, 0.1) is 17.5 Å². The van der Waals surface area contributed by atoms with Gasteiger partial charge < -0.3 is 4.52 Å². The molecule has 82 valence electrons. The minimum absolute atomic E-state index is 0.162. The lowest BCUT2D eigenvalue weighted by Gasteiger charge is -2.05. The van der Waals surface area contributed by atoms with Crippen LogP contribution in [0.4, 0.5) is 0 Å². The van der Waals surface area contributed by atoms with Crippen LogP contribution in [0.2, 0.25) is 0 Å². The highest BCUT2D eigenvalue weighted by Gasteiger charge is 2.37. The van der Waals surface area contributed by atoms with E-state index in [-0.39, 0.29) is 22.9 Å². The topological polar surface area (TPSA) is 77.2 Å². The summed E-state index contributed by atoms with van der Waals surface area (Å²) in [6.45, 7) is 1.37. The Bertz CT molecular complexity index is 488. The van der Waals surface area contributed by atoms with Gasteiger partial charge in [-0.25, -0.2) is 8.42 Å². The monoisotopic (exact) mass is 229 g/mol. The van der Waals surface area contributed by atoms with E-state index >= 15 is 0 Å². The number of ketones is 1. The van der Waals surface area contributed by atoms with Gasteiger partial charge in [0.15, 0.2) is 21.4 Å². The molecule has 1 aliphatic heterocycles. The molecular formula is C9H11NO4S. The first-order valence-corrected chi connectivity index (χ1v) is 6.41. The maximum atomic E-state index is 11.6. The number of hydrogen-bond acceptors (Lipinski definition) is 5. The second kappa shape index (κ2) is 3.44. The predicted octanol–water partition coefficient (Wildman–Crippen LogP) is 1.13. The summed E-state index contributed by atoms with van der Waals surface area (Å²) in [5, 5.41) is 2.81. The van der Waals surface area contributed by atoms with Crippen molar-refractivity contribution in [3.8, 4) is 0 Å². The Morgan fingerprint density at radius 2 is 2.33 bits per heavy atom. The van der Waals surface area contributed by atoms with Crippen molar-refractivity contribution >= 4 is 15.6 Å². The second-order valence-corrected chi connectivity index (χ2v) is 5.96. The summed E-state index contributed by atoms with van der Waals surface area (Å²) in [4.78, 5) is 11.2. The lowest BCUT2D eigenvalue weighted by Crippen LogP contribution is -2.10. The molecule has 1 aromatic heterocycles. The zero-order chi connectivity index (χ0) is 11.1. The number of carbonyl (C=O) groups excluding carboxylic acids is 1. The molecule has 0 aromatic carbocycles. The molecule has 1 unspecified atom stereocenters. The summed E-state index contributed by atoms with van der Waals surface area (Å²) in [5.41, 5.74) is 0.283. The average Bonchev–Trinajstić information content (AvgIpc) is 2.69. The maximum Gasteiger partial charge on any atom is 0.165 e. The highest BCUT2D eigenvalue weighted by atomic mass is 32.2. The Balaban J connectivity index is 2.46. The molecule has 0 radical (unpaired) electrons. The minimum Gasteiger partial charge on any atom is -0.359 e. The summed E-state index contributed by atoms with van der Waals surface area (Å²) in [6.07, 6.45) is 2.41. The van der Waals surface area contributed by atoms with E-state index in [0.29, 0.717) is 12.8 Å². The van der Waals surface area contributed by atoms with Gasteiger partial charge in [-0.3, -0.25) is 4.79 Å². The summed E-state index contributed by atoms with van der Waals surface area (Å²) in [7, 11) is -3.15. The van der Waals surface area contributed by atoms with E-state index < -0.39 is 15.1 Å². The number of aromatic nitrogens is 1. The van der Waals surface area contributed by atoms with Crippen LogP contribution in [0, 0.1) is 0 Å². The van der Waals surface area contributed by atoms with Gasteiger partial charge in [0.1, 0.15) is 5.25 Å². The first-order chi connectivity index (χ1) is 7.02. The van der Waals surface area contributed by atoms with E-state index in [2.05, 4.69) is 5.16 Å². The third kappa shape index (κ3) is 1.69. The molecule has 0 spiro atoms. The molecule has 1 fully saturated rings. The van der Waals surface area contributed by atoms with E-state index in [9.17, 15) is 13.2 Å². The Morgan fingerprint density at radius 1 is 1.60 bits per heavy atom. The predicted molar refractivity (Wildman–Crippen MR) is 52.3 cm³/mol. The zero-order valence-corrected chi connectivity index (χ0v) is 9.08. The zero-order valence-electron chi connectivity index (χ0n) is 8.26. The molecule has 5 nitrogen and oxygen atoms in total. The third-order valence-electron chi connectivity index (χ3n) is 2.60. The number of Topliss-reactive ketones (excluding diaryl/α,β-unsaturated/α-hetero) is 1. The fourth-order valence-corrected chi connectivity index (χ4v) is 3.71. The fourth-order valence-electron chi connectivity index (χ4n) is 1.83. The van der Waals surface area contributed by atoms with Crippen LogP contribution in [0.1, 0.15) is 41.1 Å². The van der Waals surface area contributed by atoms with Gasteiger partial charge in [-0.1, -0.05) is 5.16 Å². The van der Waals surface area contributed by atoms with E-state index in [1.165, 1.54) is 13.1 Å². The molecule has 0 bridgehead atoms. The van der Waals surface area contributed by atoms with Gasteiger partial charge in [0.2, 0.25) is 0 Å².